The number of piperidine rings is 1. The first-order valence-electron chi connectivity index (χ1n) is 7.57. The third-order valence-electron chi connectivity index (χ3n) is 4.19. The highest BCUT2D eigenvalue weighted by Crippen LogP contribution is 2.28. The van der Waals surface area contributed by atoms with Crippen molar-refractivity contribution in [3.63, 3.8) is 0 Å². The molecule has 0 spiro atoms. The molecule has 6 nitrogen and oxygen atoms in total. The van der Waals surface area contributed by atoms with E-state index in [0.29, 0.717) is 36.1 Å². The summed E-state index contributed by atoms with van der Waals surface area (Å²) in [4.78, 5) is 11.5. The molecule has 0 bridgehead atoms. The Morgan fingerprint density at radius 1 is 1.35 bits per heavy atom. The summed E-state index contributed by atoms with van der Waals surface area (Å²) in [6, 6.07) is 4.72. The summed E-state index contributed by atoms with van der Waals surface area (Å²) in [5.41, 5.74) is 0.581. The van der Waals surface area contributed by atoms with Gasteiger partial charge >= 0.3 is 6.03 Å². The van der Waals surface area contributed by atoms with Crippen LogP contribution in [0.5, 0.6) is 0 Å². The van der Waals surface area contributed by atoms with Gasteiger partial charge in [0.2, 0.25) is 10.0 Å². The van der Waals surface area contributed by atoms with E-state index in [1.54, 1.807) is 32.2 Å². The second kappa shape index (κ2) is 7.51. The summed E-state index contributed by atoms with van der Waals surface area (Å²) in [5, 5.41) is 5.72. The molecular weight excluding hydrogens is 338 g/mol. The van der Waals surface area contributed by atoms with Gasteiger partial charge in [0.25, 0.3) is 0 Å². The minimum absolute atomic E-state index is 0.213. The van der Waals surface area contributed by atoms with E-state index in [-0.39, 0.29) is 10.9 Å². The van der Waals surface area contributed by atoms with Crippen LogP contribution in [0.4, 0.5) is 4.79 Å². The number of urea groups is 1. The summed E-state index contributed by atoms with van der Waals surface area (Å²) in [6.07, 6.45) is 1.45. The lowest BCUT2D eigenvalue weighted by atomic mass is 9.98. The van der Waals surface area contributed by atoms with Crippen molar-refractivity contribution in [2.75, 3.05) is 26.7 Å². The molecular formula is C15H22ClN3O3S. The number of halogens is 1. The third-order valence-corrected chi connectivity index (χ3v) is 6.64. The molecule has 0 aromatic heterocycles. The van der Waals surface area contributed by atoms with Gasteiger partial charge in [-0.05, 0) is 43.4 Å². The Kier molecular flexibility index (Phi) is 5.89. The number of nitrogens with one attached hydrogen (secondary N) is 2. The number of hydrogen-bond donors (Lipinski definition) is 2. The van der Waals surface area contributed by atoms with Gasteiger partial charge in [0.1, 0.15) is 0 Å². The van der Waals surface area contributed by atoms with Crippen molar-refractivity contribution in [3.8, 4) is 0 Å². The number of sulfonamides is 1. The van der Waals surface area contributed by atoms with Crippen LogP contribution in [0, 0.1) is 12.8 Å². The average Bonchev–Trinajstić information content (AvgIpc) is 2.55. The van der Waals surface area contributed by atoms with Crippen LogP contribution < -0.4 is 10.6 Å². The maximum Gasteiger partial charge on any atom is 0.314 e. The molecule has 0 radical (unpaired) electrons. The molecule has 2 N–H and O–H groups in total. The molecule has 128 valence electrons. The van der Waals surface area contributed by atoms with Gasteiger partial charge in [0.05, 0.1) is 4.90 Å². The molecule has 1 aliphatic heterocycles. The van der Waals surface area contributed by atoms with Crippen molar-refractivity contribution in [3.05, 3.63) is 28.8 Å². The molecule has 1 saturated heterocycles. The van der Waals surface area contributed by atoms with E-state index in [9.17, 15) is 13.2 Å². The quantitative estimate of drug-likeness (QED) is 0.862. The lowest BCUT2D eigenvalue weighted by Gasteiger charge is -2.31. The van der Waals surface area contributed by atoms with E-state index in [2.05, 4.69) is 10.6 Å². The normalized spacial score (nSPS) is 17.0. The predicted octanol–water partition coefficient (Wildman–Crippen LogP) is 1.98. The Balaban J connectivity index is 2.01. The standard InChI is InChI=1S/C15H22ClN3O3S/c1-11-13(16)4-3-5-14(11)23(21,22)19-8-6-12(7-9-19)10-18-15(20)17-2/h3-5,12H,6-10H2,1-2H3,(H2,17,18,20). The summed E-state index contributed by atoms with van der Waals surface area (Å²) >= 11 is 6.04. The van der Waals surface area contributed by atoms with E-state index < -0.39 is 10.0 Å². The minimum Gasteiger partial charge on any atom is -0.341 e. The van der Waals surface area contributed by atoms with E-state index in [4.69, 9.17) is 11.6 Å². The Labute approximate surface area is 142 Å². The number of nitrogens with zero attached hydrogens (tertiary/aromatic N) is 1. The molecule has 2 amide bonds. The summed E-state index contributed by atoms with van der Waals surface area (Å²) < 4.78 is 27.0. The summed E-state index contributed by atoms with van der Waals surface area (Å²) in [5.74, 6) is 0.291. The maximum atomic E-state index is 12.8. The molecule has 0 unspecified atom stereocenters. The molecule has 0 saturated carbocycles. The smallest absolute Gasteiger partial charge is 0.314 e. The van der Waals surface area contributed by atoms with E-state index in [1.807, 2.05) is 0 Å². The van der Waals surface area contributed by atoms with Gasteiger partial charge in [-0.25, -0.2) is 13.2 Å². The molecule has 23 heavy (non-hydrogen) atoms. The Morgan fingerprint density at radius 2 is 2.00 bits per heavy atom. The van der Waals surface area contributed by atoms with Gasteiger partial charge in [-0.15, -0.1) is 0 Å². The number of amides is 2. The highest BCUT2D eigenvalue weighted by atomic mass is 35.5. The van der Waals surface area contributed by atoms with Crippen LogP contribution in [0.1, 0.15) is 18.4 Å². The van der Waals surface area contributed by atoms with Crippen molar-refractivity contribution in [1.29, 1.82) is 0 Å². The summed E-state index contributed by atoms with van der Waals surface area (Å²) in [6.45, 7) is 3.18. The number of carbonyl (C=O) groups excluding carboxylic acids is 1. The van der Waals surface area contributed by atoms with Crippen molar-refractivity contribution in [2.45, 2.75) is 24.7 Å². The molecule has 8 heteroatoms. The first-order chi connectivity index (χ1) is 10.9. The highest BCUT2D eigenvalue weighted by Gasteiger charge is 2.30. The van der Waals surface area contributed by atoms with Gasteiger partial charge < -0.3 is 10.6 Å². The molecule has 2 rings (SSSR count). The number of hydrogen-bond acceptors (Lipinski definition) is 3. The predicted molar refractivity (Wildman–Crippen MR) is 90.1 cm³/mol. The number of benzene rings is 1. The van der Waals surface area contributed by atoms with Gasteiger partial charge in [-0.1, -0.05) is 17.7 Å². The Morgan fingerprint density at radius 3 is 2.61 bits per heavy atom. The molecule has 1 aromatic carbocycles. The zero-order chi connectivity index (χ0) is 17.0. The maximum absolute atomic E-state index is 12.8. The fraction of sp³-hybridized carbons (Fsp3) is 0.533. The van der Waals surface area contributed by atoms with Gasteiger partial charge in [-0.3, -0.25) is 0 Å². The molecule has 1 heterocycles. The second-order valence-corrected chi connectivity index (χ2v) is 7.98. The fourth-order valence-corrected chi connectivity index (χ4v) is 4.63. The van der Waals surface area contributed by atoms with Crippen LogP contribution in [0.25, 0.3) is 0 Å². The molecule has 1 aromatic rings. The van der Waals surface area contributed by atoms with Gasteiger partial charge in [-0.2, -0.15) is 4.31 Å². The first-order valence-corrected chi connectivity index (χ1v) is 9.39. The van der Waals surface area contributed by atoms with E-state index in [0.717, 1.165) is 12.8 Å². The lowest BCUT2D eigenvalue weighted by molar-refractivity contribution is 0.232. The topological polar surface area (TPSA) is 78.5 Å². The third kappa shape index (κ3) is 4.16. The molecule has 0 atom stereocenters. The van der Waals surface area contributed by atoms with Crippen molar-refractivity contribution in [2.24, 2.45) is 5.92 Å². The van der Waals surface area contributed by atoms with Crippen LogP contribution in [0.3, 0.4) is 0 Å². The average molecular weight is 360 g/mol. The van der Waals surface area contributed by atoms with Crippen molar-refractivity contribution in [1.82, 2.24) is 14.9 Å². The monoisotopic (exact) mass is 359 g/mol. The van der Waals surface area contributed by atoms with Crippen LogP contribution >= 0.6 is 11.6 Å². The first kappa shape index (κ1) is 18.0. The highest BCUT2D eigenvalue weighted by molar-refractivity contribution is 7.89. The molecule has 0 aliphatic carbocycles. The fourth-order valence-electron chi connectivity index (χ4n) is 2.69. The van der Waals surface area contributed by atoms with Crippen LogP contribution in [0.2, 0.25) is 5.02 Å². The van der Waals surface area contributed by atoms with Crippen LogP contribution in [0.15, 0.2) is 23.1 Å². The SMILES string of the molecule is CNC(=O)NCC1CCN(S(=O)(=O)c2cccc(Cl)c2C)CC1. The van der Waals surface area contributed by atoms with E-state index >= 15 is 0 Å². The van der Waals surface area contributed by atoms with Crippen molar-refractivity contribution < 1.29 is 13.2 Å². The van der Waals surface area contributed by atoms with Crippen LogP contribution in [-0.2, 0) is 10.0 Å². The Bertz CT molecular complexity index is 671. The number of carbonyl (C=O) groups is 1. The summed E-state index contributed by atoms with van der Waals surface area (Å²) in [7, 11) is -1.96. The zero-order valence-electron chi connectivity index (χ0n) is 13.3. The van der Waals surface area contributed by atoms with E-state index in [1.165, 1.54) is 4.31 Å². The number of rotatable bonds is 4. The molecule has 1 aliphatic rings. The lowest BCUT2D eigenvalue weighted by Crippen LogP contribution is -2.43. The minimum atomic E-state index is -3.53. The van der Waals surface area contributed by atoms with Gasteiger partial charge in [0.15, 0.2) is 0 Å². The zero-order valence-corrected chi connectivity index (χ0v) is 14.9. The Hall–Kier alpha value is -1.31. The molecule has 1 fully saturated rings. The van der Waals surface area contributed by atoms with Crippen molar-refractivity contribution >= 4 is 27.7 Å². The second-order valence-electron chi connectivity index (χ2n) is 5.67. The van der Waals surface area contributed by atoms with Crippen LogP contribution in [-0.4, -0.2) is 45.4 Å². The van der Waals surface area contributed by atoms with Gasteiger partial charge in [0, 0.05) is 31.7 Å². The largest absolute Gasteiger partial charge is 0.341 e.